The van der Waals surface area contributed by atoms with E-state index in [0.29, 0.717) is 29.4 Å². The first-order chi connectivity index (χ1) is 13.2. The number of thiophene rings is 1. The lowest BCUT2D eigenvalue weighted by atomic mass is 10.1. The highest BCUT2D eigenvalue weighted by atomic mass is 32.1. The average molecular weight is 378 g/mol. The first-order valence-corrected chi connectivity index (χ1v) is 9.41. The van der Waals surface area contributed by atoms with E-state index in [2.05, 4.69) is 0 Å². The summed E-state index contributed by atoms with van der Waals surface area (Å²) in [7, 11) is 1.64. The van der Waals surface area contributed by atoms with Crippen molar-refractivity contribution >= 4 is 23.2 Å². The van der Waals surface area contributed by atoms with Gasteiger partial charge in [0.2, 0.25) is 5.78 Å². The minimum Gasteiger partial charge on any atom is -0.496 e. The monoisotopic (exact) mass is 378 g/mol. The topological polar surface area (TPSA) is 44.8 Å². The zero-order chi connectivity index (χ0) is 18.8. The standard InChI is InChI=1S/C22H18O4S/c1-14-18(25-13-15-6-3-4-8-19(15)24-2)10-9-17-21(23)20(26-22(14)17)12-16-7-5-11-27-16/h3-12H,13H2,1-2H3/b20-12-. The lowest BCUT2D eigenvalue weighted by Gasteiger charge is -2.13. The summed E-state index contributed by atoms with van der Waals surface area (Å²) in [6.07, 6.45) is 1.78. The van der Waals surface area contributed by atoms with Gasteiger partial charge in [-0.25, -0.2) is 0 Å². The second kappa shape index (κ2) is 7.29. The Bertz CT molecular complexity index is 1020. The van der Waals surface area contributed by atoms with Gasteiger partial charge >= 0.3 is 0 Å². The van der Waals surface area contributed by atoms with Gasteiger partial charge in [0.05, 0.1) is 12.7 Å². The molecule has 0 bridgehead atoms. The number of benzene rings is 2. The number of allylic oxidation sites excluding steroid dienone is 1. The highest BCUT2D eigenvalue weighted by Gasteiger charge is 2.30. The van der Waals surface area contributed by atoms with Crippen molar-refractivity contribution in [2.45, 2.75) is 13.5 Å². The predicted molar refractivity (Wildman–Crippen MR) is 106 cm³/mol. The van der Waals surface area contributed by atoms with E-state index in [9.17, 15) is 4.79 Å². The number of para-hydroxylation sites is 1. The van der Waals surface area contributed by atoms with E-state index in [1.165, 1.54) is 0 Å². The third-order valence-corrected chi connectivity index (χ3v) is 5.25. The number of ketones is 1. The summed E-state index contributed by atoms with van der Waals surface area (Å²) < 4.78 is 17.2. The summed E-state index contributed by atoms with van der Waals surface area (Å²) in [6, 6.07) is 15.2. The predicted octanol–water partition coefficient (Wildman–Crippen LogP) is 5.26. The minimum absolute atomic E-state index is 0.0993. The fourth-order valence-electron chi connectivity index (χ4n) is 3.00. The molecule has 0 aliphatic carbocycles. The van der Waals surface area contributed by atoms with E-state index < -0.39 is 0 Å². The Morgan fingerprint density at radius 3 is 2.70 bits per heavy atom. The van der Waals surface area contributed by atoms with Gasteiger partial charge in [0.25, 0.3) is 0 Å². The molecule has 0 saturated heterocycles. The van der Waals surface area contributed by atoms with Crippen LogP contribution in [0.1, 0.15) is 26.4 Å². The number of methoxy groups -OCH3 is 1. The van der Waals surface area contributed by atoms with Crippen molar-refractivity contribution in [3.05, 3.63) is 81.2 Å². The molecular formula is C22H18O4S. The number of carbonyl (C=O) groups excluding carboxylic acids is 1. The molecule has 0 atom stereocenters. The van der Waals surface area contributed by atoms with Gasteiger partial charge in [0.15, 0.2) is 5.76 Å². The van der Waals surface area contributed by atoms with E-state index in [-0.39, 0.29) is 5.78 Å². The van der Waals surface area contributed by atoms with E-state index in [4.69, 9.17) is 14.2 Å². The Hall–Kier alpha value is -3.05. The van der Waals surface area contributed by atoms with Crippen LogP contribution in [0.5, 0.6) is 17.2 Å². The van der Waals surface area contributed by atoms with Crippen LogP contribution in [0.4, 0.5) is 0 Å². The van der Waals surface area contributed by atoms with Crippen LogP contribution in [0.3, 0.4) is 0 Å². The molecule has 27 heavy (non-hydrogen) atoms. The second-order valence-electron chi connectivity index (χ2n) is 6.12. The van der Waals surface area contributed by atoms with Gasteiger partial charge in [-0.2, -0.15) is 0 Å². The fourth-order valence-corrected chi connectivity index (χ4v) is 3.65. The Morgan fingerprint density at radius 2 is 1.93 bits per heavy atom. The first kappa shape index (κ1) is 17.4. The number of hydrogen-bond donors (Lipinski definition) is 0. The van der Waals surface area contributed by atoms with Crippen molar-refractivity contribution in [3.8, 4) is 17.2 Å². The summed E-state index contributed by atoms with van der Waals surface area (Å²) in [4.78, 5) is 13.6. The lowest BCUT2D eigenvalue weighted by molar-refractivity contribution is 0.101. The quantitative estimate of drug-likeness (QED) is 0.568. The lowest BCUT2D eigenvalue weighted by Crippen LogP contribution is -2.00. The summed E-state index contributed by atoms with van der Waals surface area (Å²) in [5.41, 5.74) is 2.33. The van der Waals surface area contributed by atoms with Crippen LogP contribution in [0.25, 0.3) is 6.08 Å². The van der Waals surface area contributed by atoms with E-state index in [0.717, 1.165) is 21.8 Å². The molecule has 4 rings (SSSR count). The SMILES string of the molecule is COc1ccccc1COc1ccc2c(c1C)O/C(=C\c1cccs1)C2=O. The summed E-state index contributed by atoms with van der Waals surface area (Å²) >= 11 is 1.56. The van der Waals surface area contributed by atoms with Crippen molar-refractivity contribution in [2.24, 2.45) is 0 Å². The van der Waals surface area contributed by atoms with Gasteiger partial charge in [0.1, 0.15) is 23.9 Å². The molecular weight excluding hydrogens is 360 g/mol. The molecule has 2 aromatic carbocycles. The third-order valence-electron chi connectivity index (χ3n) is 4.43. The summed E-state index contributed by atoms with van der Waals surface area (Å²) in [6.45, 7) is 2.27. The number of carbonyl (C=O) groups is 1. The molecule has 4 nitrogen and oxygen atoms in total. The first-order valence-electron chi connectivity index (χ1n) is 8.53. The molecule has 0 amide bonds. The third kappa shape index (κ3) is 3.34. The maximum atomic E-state index is 12.6. The zero-order valence-electron chi connectivity index (χ0n) is 15.0. The van der Waals surface area contributed by atoms with Gasteiger partial charge < -0.3 is 14.2 Å². The smallest absolute Gasteiger partial charge is 0.232 e. The van der Waals surface area contributed by atoms with Crippen molar-refractivity contribution in [2.75, 3.05) is 7.11 Å². The second-order valence-corrected chi connectivity index (χ2v) is 7.10. The molecule has 0 N–H and O–H groups in total. The largest absolute Gasteiger partial charge is 0.496 e. The van der Waals surface area contributed by atoms with Gasteiger partial charge in [0, 0.05) is 22.1 Å². The van der Waals surface area contributed by atoms with E-state index in [1.807, 2.05) is 54.8 Å². The zero-order valence-corrected chi connectivity index (χ0v) is 15.8. The molecule has 1 aromatic heterocycles. The number of rotatable bonds is 5. The van der Waals surface area contributed by atoms with Crippen molar-refractivity contribution in [1.82, 2.24) is 0 Å². The molecule has 2 heterocycles. The Labute approximate surface area is 161 Å². The van der Waals surface area contributed by atoms with E-state index >= 15 is 0 Å². The Kier molecular flexibility index (Phi) is 4.69. The van der Waals surface area contributed by atoms with Gasteiger partial charge in [-0.1, -0.05) is 24.3 Å². The van der Waals surface area contributed by atoms with Gasteiger partial charge in [-0.05, 0) is 36.6 Å². The molecule has 0 fully saturated rings. The number of fused-ring (bicyclic) bond motifs is 1. The van der Waals surface area contributed by atoms with Gasteiger partial charge in [-0.3, -0.25) is 4.79 Å². The molecule has 3 aromatic rings. The molecule has 136 valence electrons. The molecule has 0 radical (unpaired) electrons. The van der Waals surface area contributed by atoms with Crippen LogP contribution in [0, 0.1) is 6.92 Å². The van der Waals surface area contributed by atoms with Crippen LogP contribution < -0.4 is 14.2 Å². The minimum atomic E-state index is -0.0993. The van der Waals surface area contributed by atoms with Crippen LogP contribution in [-0.2, 0) is 6.61 Å². The maximum absolute atomic E-state index is 12.6. The highest BCUT2D eigenvalue weighted by Crippen LogP contribution is 2.39. The van der Waals surface area contributed by atoms with Crippen LogP contribution in [0.15, 0.2) is 59.7 Å². The van der Waals surface area contributed by atoms with Gasteiger partial charge in [-0.15, -0.1) is 11.3 Å². The summed E-state index contributed by atoms with van der Waals surface area (Å²) in [5, 5.41) is 1.97. The van der Waals surface area contributed by atoms with Crippen molar-refractivity contribution < 1.29 is 19.0 Å². The number of ether oxygens (including phenoxy) is 3. The fraction of sp³-hybridized carbons (Fsp3) is 0.136. The maximum Gasteiger partial charge on any atom is 0.232 e. The Balaban J connectivity index is 1.58. The van der Waals surface area contributed by atoms with Crippen LogP contribution in [0.2, 0.25) is 0 Å². The average Bonchev–Trinajstić information content (AvgIpc) is 3.31. The molecule has 5 heteroatoms. The number of hydrogen-bond acceptors (Lipinski definition) is 5. The molecule has 0 saturated carbocycles. The number of Topliss-reactive ketones (excluding diaryl/α,β-unsaturated/α-hetero) is 1. The summed E-state index contributed by atoms with van der Waals surface area (Å²) in [5.74, 6) is 2.28. The van der Waals surface area contributed by atoms with Crippen LogP contribution in [-0.4, -0.2) is 12.9 Å². The molecule has 1 aliphatic rings. The van der Waals surface area contributed by atoms with E-state index in [1.54, 1.807) is 30.6 Å². The normalized spacial score (nSPS) is 14.1. The van der Waals surface area contributed by atoms with Crippen molar-refractivity contribution in [3.63, 3.8) is 0 Å². The molecule has 0 unspecified atom stereocenters. The highest BCUT2D eigenvalue weighted by molar-refractivity contribution is 7.10. The molecule has 0 spiro atoms. The van der Waals surface area contributed by atoms with Crippen LogP contribution >= 0.6 is 11.3 Å². The van der Waals surface area contributed by atoms with Crippen molar-refractivity contribution in [1.29, 1.82) is 0 Å². The molecule has 1 aliphatic heterocycles. The Morgan fingerprint density at radius 1 is 1.07 bits per heavy atom.